The summed E-state index contributed by atoms with van der Waals surface area (Å²) in [5.41, 5.74) is 4.63. The Hall–Kier alpha value is -2.62. The topological polar surface area (TPSA) is 41.1 Å². The van der Waals surface area contributed by atoms with Crippen LogP contribution in [0.15, 0.2) is 59.8 Å². The number of ketones is 1. The standard InChI is InChI=1S/C23H25FN2O/c1-14(2)11-15-12-20-22(21(27)13-15)23(16-7-9-17(24)10-8-16)26-19-6-4-3-5-18(19)25-20/h3-10,14-15,23,25-26H,11-13H2,1-2H3/t15-,23-/m1/s1. The van der Waals surface area contributed by atoms with Crippen LogP contribution in [0.2, 0.25) is 0 Å². The number of hydrogen-bond acceptors (Lipinski definition) is 3. The van der Waals surface area contributed by atoms with Crippen LogP contribution in [-0.2, 0) is 4.79 Å². The summed E-state index contributed by atoms with van der Waals surface area (Å²) in [5, 5.41) is 7.05. The van der Waals surface area contributed by atoms with E-state index in [2.05, 4.69) is 24.5 Å². The Balaban J connectivity index is 1.79. The predicted molar refractivity (Wildman–Crippen MR) is 107 cm³/mol. The molecule has 0 unspecified atom stereocenters. The van der Waals surface area contributed by atoms with Crippen molar-refractivity contribution in [3.05, 3.63) is 71.2 Å². The number of carbonyl (C=O) groups excluding carboxylic acids is 1. The lowest BCUT2D eigenvalue weighted by molar-refractivity contribution is -0.117. The molecule has 0 spiro atoms. The number of carbonyl (C=O) groups is 1. The number of hydrogen-bond donors (Lipinski definition) is 2. The maximum absolute atomic E-state index is 13.4. The number of benzene rings is 2. The van der Waals surface area contributed by atoms with E-state index >= 15 is 0 Å². The van der Waals surface area contributed by atoms with Gasteiger partial charge in [0.05, 0.1) is 17.4 Å². The molecule has 4 heteroatoms. The van der Waals surface area contributed by atoms with Gasteiger partial charge in [0.25, 0.3) is 0 Å². The highest BCUT2D eigenvalue weighted by Crippen LogP contribution is 2.42. The molecule has 2 aliphatic rings. The number of fused-ring (bicyclic) bond motifs is 1. The molecule has 0 amide bonds. The SMILES string of the molecule is CC(C)C[C@H]1CC(=O)C2=C(C1)Nc1ccccc1N[C@@H]2c1ccc(F)cc1. The van der Waals surface area contributed by atoms with E-state index in [4.69, 9.17) is 0 Å². The molecule has 0 aromatic heterocycles. The molecule has 0 radical (unpaired) electrons. The molecule has 2 atom stereocenters. The van der Waals surface area contributed by atoms with E-state index in [1.807, 2.05) is 24.3 Å². The number of rotatable bonds is 3. The first-order chi connectivity index (χ1) is 13.0. The van der Waals surface area contributed by atoms with Gasteiger partial charge < -0.3 is 10.6 Å². The van der Waals surface area contributed by atoms with Crippen LogP contribution in [0.25, 0.3) is 0 Å². The molecule has 140 valence electrons. The zero-order valence-electron chi connectivity index (χ0n) is 15.8. The summed E-state index contributed by atoms with van der Waals surface area (Å²) in [7, 11) is 0. The van der Waals surface area contributed by atoms with Crippen molar-refractivity contribution >= 4 is 17.2 Å². The smallest absolute Gasteiger partial charge is 0.163 e. The van der Waals surface area contributed by atoms with Crippen LogP contribution < -0.4 is 10.6 Å². The summed E-state index contributed by atoms with van der Waals surface area (Å²) in [5.74, 6) is 0.841. The van der Waals surface area contributed by atoms with Crippen LogP contribution in [0.5, 0.6) is 0 Å². The molecule has 4 rings (SSSR count). The lowest BCUT2D eigenvalue weighted by Gasteiger charge is -2.30. The first-order valence-corrected chi connectivity index (χ1v) is 9.65. The van der Waals surface area contributed by atoms with Gasteiger partial charge in [-0.2, -0.15) is 0 Å². The van der Waals surface area contributed by atoms with Gasteiger partial charge in [0, 0.05) is 17.7 Å². The third-order valence-electron chi connectivity index (χ3n) is 5.40. The van der Waals surface area contributed by atoms with Crippen molar-refractivity contribution in [3.63, 3.8) is 0 Å². The Morgan fingerprint density at radius 2 is 1.74 bits per heavy atom. The largest absolute Gasteiger partial charge is 0.372 e. The molecule has 1 aliphatic heterocycles. The van der Waals surface area contributed by atoms with Gasteiger partial charge in [-0.25, -0.2) is 4.39 Å². The molecule has 3 nitrogen and oxygen atoms in total. The van der Waals surface area contributed by atoms with Gasteiger partial charge in [0.1, 0.15) is 5.82 Å². The minimum absolute atomic E-state index is 0.184. The van der Waals surface area contributed by atoms with Crippen molar-refractivity contribution in [1.82, 2.24) is 0 Å². The fraction of sp³-hybridized carbons (Fsp3) is 0.348. The highest BCUT2D eigenvalue weighted by atomic mass is 19.1. The number of allylic oxidation sites excluding steroid dienone is 1. The summed E-state index contributed by atoms with van der Waals surface area (Å²) < 4.78 is 13.4. The van der Waals surface area contributed by atoms with Gasteiger partial charge >= 0.3 is 0 Å². The molecule has 2 aromatic carbocycles. The predicted octanol–water partition coefficient (Wildman–Crippen LogP) is 5.68. The van der Waals surface area contributed by atoms with E-state index in [1.165, 1.54) is 12.1 Å². The second-order valence-electron chi connectivity index (χ2n) is 8.02. The molecule has 0 saturated heterocycles. The summed E-state index contributed by atoms with van der Waals surface area (Å²) >= 11 is 0. The van der Waals surface area contributed by atoms with Crippen molar-refractivity contribution in [1.29, 1.82) is 0 Å². The van der Waals surface area contributed by atoms with Crippen molar-refractivity contribution in [3.8, 4) is 0 Å². The van der Waals surface area contributed by atoms with Crippen molar-refractivity contribution in [2.45, 2.75) is 39.2 Å². The fourth-order valence-corrected chi connectivity index (χ4v) is 4.31. The van der Waals surface area contributed by atoms with Gasteiger partial charge in [-0.1, -0.05) is 38.1 Å². The van der Waals surface area contributed by atoms with Gasteiger partial charge in [-0.3, -0.25) is 4.79 Å². The average Bonchev–Trinajstić information content (AvgIpc) is 2.78. The molecular weight excluding hydrogens is 339 g/mol. The Morgan fingerprint density at radius 1 is 1.04 bits per heavy atom. The Labute approximate surface area is 159 Å². The Bertz CT molecular complexity index is 886. The number of nitrogens with one attached hydrogen (secondary N) is 2. The van der Waals surface area contributed by atoms with E-state index in [0.717, 1.165) is 41.1 Å². The van der Waals surface area contributed by atoms with Gasteiger partial charge in [0.15, 0.2) is 5.78 Å². The van der Waals surface area contributed by atoms with E-state index in [-0.39, 0.29) is 17.6 Å². The van der Waals surface area contributed by atoms with Crippen LogP contribution in [0, 0.1) is 17.7 Å². The summed E-state index contributed by atoms with van der Waals surface area (Å²) in [6, 6.07) is 14.2. The van der Waals surface area contributed by atoms with Crippen LogP contribution >= 0.6 is 0 Å². The highest BCUT2D eigenvalue weighted by Gasteiger charge is 2.35. The fourth-order valence-electron chi connectivity index (χ4n) is 4.31. The summed E-state index contributed by atoms with van der Waals surface area (Å²) in [4.78, 5) is 13.2. The maximum atomic E-state index is 13.4. The third-order valence-corrected chi connectivity index (χ3v) is 5.40. The quantitative estimate of drug-likeness (QED) is 0.736. The highest BCUT2D eigenvalue weighted by molar-refractivity contribution is 6.00. The molecule has 1 aliphatic carbocycles. The molecular formula is C23H25FN2O. The minimum atomic E-state index is -0.274. The Morgan fingerprint density at radius 3 is 2.44 bits per heavy atom. The summed E-state index contributed by atoms with van der Waals surface area (Å²) in [6.45, 7) is 4.40. The van der Waals surface area contributed by atoms with Gasteiger partial charge in [0.2, 0.25) is 0 Å². The first kappa shape index (κ1) is 17.8. The Kier molecular flexibility index (Phi) is 4.73. The minimum Gasteiger partial charge on any atom is -0.372 e. The van der Waals surface area contributed by atoms with E-state index < -0.39 is 0 Å². The zero-order valence-corrected chi connectivity index (χ0v) is 15.8. The molecule has 1 heterocycles. The number of anilines is 2. The maximum Gasteiger partial charge on any atom is 0.163 e. The zero-order chi connectivity index (χ0) is 19.0. The second kappa shape index (κ2) is 7.18. The lowest BCUT2D eigenvalue weighted by atomic mass is 9.78. The second-order valence-corrected chi connectivity index (χ2v) is 8.02. The molecule has 2 aromatic rings. The molecule has 0 saturated carbocycles. The lowest BCUT2D eigenvalue weighted by Crippen LogP contribution is -2.28. The van der Waals surface area contributed by atoms with Crippen LogP contribution in [-0.4, -0.2) is 5.78 Å². The number of halogens is 1. The molecule has 27 heavy (non-hydrogen) atoms. The average molecular weight is 364 g/mol. The first-order valence-electron chi connectivity index (χ1n) is 9.65. The monoisotopic (exact) mass is 364 g/mol. The third kappa shape index (κ3) is 3.61. The molecule has 2 N–H and O–H groups in total. The van der Waals surface area contributed by atoms with E-state index in [1.54, 1.807) is 12.1 Å². The summed E-state index contributed by atoms with van der Waals surface area (Å²) in [6.07, 6.45) is 2.49. The van der Waals surface area contributed by atoms with Crippen molar-refractivity contribution in [2.24, 2.45) is 11.8 Å². The number of para-hydroxylation sites is 2. The van der Waals surface area contributed by atoms with E-state index in [0.29, 0.717) is 18.3 Å². The van der Waals surface area contributed by atoms with Crippen LogP contribution in [0.4, 0.5) is 15.8 Å². The molecule has 0 bridgehead atoms. The number of Topliss-reactive ketones (excluding diaryl/α,β-unsaturated/α-hetero) is 1. The van der Waals surface area contributed by atoms with Gasteiger partial charge in [-0.15, -0.1) is 0 Å². The van der Waals surface area contributed by atoms with E-state index in [9.17, 15) is 9.18 Å². The van der Waals surface area contributed by atoms with Crippen LogP contribution in [0.1, 0.15) is 44.7 Å². The normalized spacial score (nSPS) is 21.9. The van der Waals surface area contributed by atoms with Crippen molar-refractivity contribution < 1.29 is 9.18 Å². The molecule has 0 fully saturated rings. The van der Waals surface area contributed by atoms with Gasteiger partial charge in [-0.05, 0) is 54.5 Å². The van der Waals surface area contributed by atoms with Crippen LogP contribution in [0.3, 0.4) is 0 Å². The van der Waals surface area contributed by atoms with Crippen molar-refractivity contribution in [2.75, 3.05) is 10.6 Å².